The van der Waals surface area contributed by atoms with E-state index in [1.165, 1.54) is 16.2 Å². The second-order valence-corrected chi connectivity index (χ2v) is 6.53. The van der Waals surface area contributed by atoms with Gasteiger partial charge in [-0.25, -0.2) is 4.98 Å². The molecule has 3 heterocycles. The van der Waals surface area contributed by atoms with Gasteiger partial charge >= 0.3 is 0 Å². The van der Waals surface area contributed by atoms with Gasteiger partial charge in [0.2, 0.25) is 11.8 Å². The molecule has 0 aromatic carbocycles. The van der Waals surface area contributed by atoms with Crippen LogP contribution in [0.15, 0.2) is 10.9 Å². The highest BCUT2D eigenvalue weighted by Gasteiger charge is 2.49. The van der Waals surface area contributed by atoms with Crippen LogP contribution in [0.3, 0.4) is 0 Å². The Morgan fingerprint density at radius 1 is 1.41 bits per heavy atom. The van der Waals surface area contributed by atoms with Crippen LogP contribution in [0, 0.1) is 0 Å². The third-order valence-electron chi connectivity index (χ3n) is 4.33. The highest BCUT2D eigenvalue weighted by Crippen LogP contribution is 2.33. The summed E-state index contributed by atoms with van der Waals surface area (Å²) < 4.78 is 0. The molecule has 7 nitrogen and oxygen atoms in total. The first-order chi connectivity index (χ1) is 10.5. The summed E-state index contributed by atoms with van der Waals surface area (Å²) in [6.07, 6.45) is 1.01. The first kappa shape index (κ1) is 15.0. The molecule has 2 saturated heterocycles. The van der Waals surface area contributed by atoms with E-state index in [1.807, 2.05) is 0 Å². The quantitative estimate of drug-likeness (QED) is 0.788. The van der Waals surface area contributed by atoms with Crippen molar-refractivity contribution in [3.8, 4) is 0 Å². The van der Waals surface area contributed by atoms with Crippen molar-refractivity contribution in [2.75, 3.05) is 27.2 Å². The SMILES string of the molecule is CN(C)C(=O)CN1C(=O)C[C@H]2[C@@H]1CCN2C(=O)c1cscn1. The molecule has 2 fully saturated rings. The van der Waals surface area contributed by atoms with Crippen LogP contribution in [0.4, 0.5) is 0 Å². The number of rotatable bonds is 3. The predicted octanol–water partition coefficient (Wildman–Crippen LogP) is 0.0467. The smallest absolute Gasteiger partial charge is 0.273 e. The number of likely N-dealkylation sites (tertiary alicyclic amines) is 2. The standard InChI is InChI=1S/C14H18N4O3S/c1-16(2)13(20)6-18-10-3-4-17(11(10)5-12(18)19)14(21)9-7-22-8-15-9/h7-8,10-11H,3-6H2,1-2H3/t10-,11-/m0/s1. The molecule has 0 N–H and O–H groups in total. The number of thiazole rings is 1. The van der Waals surface area contributed by atoms with Crippen LogP contribution in [0.1, 0.15) is 23.3 Å². The number of amides is 3. The van der Waals surface area contributed by atoms with Crippen LogP contribution >= 0.6 is 11.3 Å². The third-order valence-corrected chi connectivity index (χ3v) is 4.92. The molecule has 3 rings (SSSR count). The van der Waals surface area contributed by atoms with Gasteiger partial charge in [0.15, 0.2) is 0 Å². The first-order valence-corrected chi connectivity index (χ1v) is 8.12. The van der Waals surface area contributed by atoms with Gasteiger partial charge in [-0.2, -0.15) is 0 Å². The first-order valence-electron chi connectivity index (χ1n) is 7.18. The maximum Gasteiger partial charge on any atom is 0.273 e. The zero-order valence-corrected chi connectivity index (χ0v) is 13.4. The predicted molar refractivity (Wildman–Crippen MR) is 80.4 cm³/mol. The van der Waals surface area contributed by atoms with Crippen LogP contribution in [-0.2, 0) is 9.59 Å². The van der Waals surface area contributed by atoms with Crippen LogP contribution in [0.5, 0.6) is 0 Å². The Labute approximate surface area is 132 Å². The lowest BCUT2D eigenvalue weighted by Crippen LogP contribution is -2.43. The molecule has 0 saturated carbocycles. The average Bonchev–Trinajstić information content (AvgIpc) is 3.17. The molecule has 22 heavy (non-hydrogen) atoms. The monoisotopic (exact) mass is 322 g/mol. The average molecular weight is 322 g/mol. The summed E-state index contributed by atoms with van der Waals surface area (Å²) in [6.45, 7) is 0.692. The Balaban J connectivity index is 1.73. The number of hydrogen-bond acceptors (Lipinski definition) is 5. The van der Waals surface area contributed by atoms with Gasteiger partial charge in [0.1, 0.15) is 12.2 Å². The molecule has 0 unspecified atom stereocenters. The number of aromatic nitrogens is 1. The second-order valence-electron chi connectivity index (χ2n) is 5.81. The van der Waals surface area contributed by atoms with E-state index < -0.39 is 0 Å². The fourth-order valence-corrected chi connectivity index (χ4v) is 3.66. The van der Waals surface area contributed by atoms with Gasteiger partial charge in [0.25, 0.3) is 5.91 Å². The van der Waals surface area contributed by atoms with Crippen LogP contribution in [0.25, 0.3) is 0 Å². The minimum absolute atomic E-state index is 0.0547. The lowest BCUT2D eigenvalue weighted by atomic mass is 10.1. The Hall–Kier alpha value is -1.96. The number of carbonyl (C=O) groups is 3. The Morgan fingerprint density at radius 2 is 2.18 bits per heavy atom. The van der Waals surface area contributed by atoms with E-state index >= 15 is 0 Å². The summed E-state index contributed by atoms with van der Waals surface area (Å²) in [5.41, 5.74) is 2.06. The molecule has 0 aliphatic carbocycles. The van der Waals surface area contributed by atoms with Gasteiger partial charge in [-0.15, -0.1) is 11.3 Å². The van der Waals surface area contributed by atoms with Crippen LogP contribution in [-0.4, -0.2) is 76.7 Å². The molecule has 118 valence electrons. The molecule has 0 spiro atoms. The van der Waals surface area contributed by atoms with Gasteiger partial charge < -0.3 is 14.7 Å². The molecular weight excluding hydrogens is 304 g/mol. The van der Waals surface area contributed by atoms with Gasteiger partial charge in [-0.3, -0.25) is 14.4 Å². The lowest BCUT2D eigenvalue weighted by molar-refractivity contribution is -0.138. The van der Waals surface area contributed by atoms with E-state index in [1.54, 1.807) is 34.8 Å². The molecular formula is C14H18N4O3S. The largest absolute Gasteiger partial charge is 0.347 e. The summed E-state index contributed by atoms with van der Waals surface area (Å²) in [5, 5.41) is 1.72. The Bertz CT molecular complexity index is 601. The second kappa shape index (κ2) is 5.68. The number of hydrogen-bond donors (Lipinski definition) is 0. The molecule has 2 aliphatic heterocycles. The molecule has 0 bridgehead atoms. The van der Waals surface area contributed by atoms with Gasteiger partial charge in [-0.05, 0) is 6.42 Å². The number of nitrogens with zero attached hydrogens (tertiary/aromatic N) is 4. The van der Waals surface area contributed by atoms with Crippen molar-refractivity contribution in [2.24, 2.45) is 0 Å². The van der Waals surface area contributed by atoms with E-state index in [9.17, 15) is 14.4 Å². The number of carbonyl (C=O) groups excluding carboxylic acids is 3. The molecule has 2 atom stereocenters. The molecule has 0 radical (unpaired) electrons. The zero-order chi connectivity index (χ0) is 15.9. The highest BCUT2D eigenvalue weighted by atomic mass is 32.1. The van der Waals surface area contributed by atoms with Gasteiger partial charge in [0, 0.05) is 32.4 Å². The number of fused-ring (bicyclic) bond motifs is 1. The van der Waals surface area contributed by atoms with Crippen molar-refractivity contribution in [2.45, 2.75) is 24.9 Å². The maximum absolute atomic E-state index is 12.5. The molecule has 3 amide bonds. The summed E-state index contributed by atoms with van der Waals surface area (Å²) >= 11 is 1.38. The minimum atomic E-state index is -0.142. The summed E-state index contributed by atoms with van der Waals surface area (Å²) in [6, 6.07) is -0.198. The van der Waals surface area contributed by atoms with E-state index in [0.717, 1.165) is 0 Å². The lowest BCUT2D eigenvalue weighted by Gasteiger charge is -2.25. The number of likely N-dealkylation sites (N-methyl/N-ethyl adjacent to an activating group) is 1. The highest BCUT2D eigenvalue weighted by molar-refractivity contribution is 7.07. The van der Waals surface area contributed by atoms with E-state index in [0.29, 0.717) is 25.1 Å². The fourth-order valence-electron chi connectivity index (χ4n) is 3.14. The third kappa shape index (κ3) is 2.47. The Kier molecular flexibility index (Phi) is 3.86. The van der Waals surface area contributed by atoms with Crippen LogP contribution < -0.4 is 0 Å². The normalized spacial score (nSPS) is 23.8. The molecule has 8 heteroatoms. The maximum atomic E-state index is 12.5. The van der Waals surface area contributed by atoms with Crippen molar-refractivity contribution >= 4 is 29.1 Å². The Morgan fingerprint density at radius 3 is 2.82 bits per heavy atom. The van der Waals surface area contributed by atoms with E-state index in [2.05, 4.69) is 4.98 Å². The van der Waals surface area contributed by atoms with Gasteiger partial charge in [-0.1, -0.05) is 0 Å². The van der Waals surface area contributed by atoms with E-state index in [4.69, 9.17) is 0 Å². The minimum Gasteiger partial charge on any atom is -0.347 e. The summed E-state index contributed by atoms with van der Waals surface area (Å²) in [4.78, 5) is 45.4. The van der Waals surface area contributed by atoms with E-state index in [-0.39, 0.29) is 36.3 Å². The van der Waals surface area contributed by atoms with Gasteiger partial charge in [0.05, 0.1) is 17.6 Å². The topological polar surface area (TPSA) is 73.8 Å². The van der Waals surface area contributed by atoms with Crippen molar-refractivity contribution in [3.05, 3.63) is 16.6 Å². The summed E-state index contributed by atoms with van der Waals surface area (Å²) in [7, 11) is 3.35. The summed E-state index contributed by atoms with van der Waals surface area (Å²) in [5.74, 6) is -0.276. The van der Waals surface area contributed by atoms with Crippen molar-refractivity contribution in [1.82, 2.24) is 19.7 Å². The van der Waals surface area contributed by atoms with Crippen molar-refractivity contribution < 1.29 is 14.4 Å². The zero-order valence-electron chi connectivity index (χ0n) is 12.6. The molecule has 1 aromatic heterocycles. The molecule has 2 aliphatic rings. The van der Waals surface area contributed by atoms with Crippen molar-refractivity contribution in [1.29, 1.82) is 0 Å². The van der Waals surface area contributed by atoms with Crippen LogP contribution in [0.2, 0.25) is 0 Å². The fraction of sp³-hybridized carbons (Fsp3) is 0.571. The van der Waals surface area contributed by atoms with Crippen molar-refractivity contribution in [3.63, 3.8) is 0 Å². The molecule has 1 aromatic rings.